The number of para-hydroxylation sites is 8. The average molecular weight is 560 g/mol. The molecule has 0 unspecified atom stereocenters. The molecule has 6 aromatic rings. The first-order chi connectivity index (χ1) is 21.2. The summed E-state index contributed by atoms with van der Waals surface area (Å²) in [5, 5.41) is 3.61. The average Bonchev–Trinajstić information content (AvgIpc) is 3.05. The molecule has 206 valence electrons. The van der Waals surface area contributed by atoms with Crippen LogP contribution in [-0.2, 0) is 0 Å². The van der Waals surface area contributed by atoms with Gasteiger partial charge < -0.3 is 29.3 Å². The van der Waals surface area contributed by atoms with Crippen LogP contribution >= 0.6 is 0 Å². The third-order valence-corrected chi connectivity index (χ3v) is 8.19. The first kappa shape index (κ1) is 23.8. The topological polar surface area (TPSA) is 46.2 Å². The molecule has 0 amide bonds. The van der Waals surface area contributed by atoms with Crippen molar-refractivity contribution in [1.82, 2.24) is 0 Å². The molecule has 3 heterocycles. The molecule has 0 bridgehead atoms. The molecule has 3 aliphatic rings. The maximum atomic E-state index is 6.74. The summed E-state index contributed by atoms with van der Waals surface area (Å²) in [4.78, 5) is 4.47. The maximum absolute atomic E-state index is 6.74. The van der Waals surface area contributed by atoms with Crippen LogP contribution in [0.1, 0.15) is 5.56 Å². The van der Waals surface area contributed by atoms with Gasteiger partial charge in [0, 0.05) is 11.6 Å². The lowest BCUT2D eigenvalue weighted by atomic mass is 10.0. The Hall–Kier alpha value is -5.88. The lowest BCUT2D eigenvalue weighted by Gasteiger charge is -2.35. The SMILES string of the molecule is Cc1c(N2c3ccccc3Oc3ccccc32)ccc2c1Oc1cc(N3c4ccccc4Oc4ccccc43)ccc1N2. The molecule has 0 saturated heterocycles. The summed E-state index contributed by atoms with van der Waals surface area (Å²) in [5.74, 6) is 4.82. The van der Waals surface area contributed by atoms with Crippen LogP contribution in [0.4, 0.5) is 45.5 Å². The Labute approximate surface area is 248 Å². The molecule has 0 aromatic heterocycles. The van der Waals surface area contributed by atoms with Crippen LogP contribution in [0.5, 0.6) is 34.5 Å². The third-order valence-electron chi connectivity index (χ3n) is 8.19. The first-order valence-corrected chi connectivity index (χ1v) is 14.3. The van der Waals surface area contributed by atoms with Crippen LogP contribution < -0.4 is 29.3 Å². The minimum Gasteiger partial charge on any atom is -0.453 e. The van der Waals surface area contributed by atoms with Gasteiger partial charge in [-0.05, 0) is 79.7 Å². The monoisotopic (exact) mass is 559 g/mol. The van der Waals surface area contributed by atoms with Crippen LogP contribution in [-0.4, -0.2) is 0 Å². The summed E-state index contributed by atoms with van der Waals surface area (Å²) in [6.45, 7) is 2.11. The Morgan fingerprint density at radius 1 is 0.442 bits per heavy atom. The van der Waals surface area contributed by atoms with Crippen molar-refractivity contribution in [2.24, 2.45) is 0 Å². The predicted molar refractivity (Wildman–Crippen MR) is 170 cm³/mol. The van der Waals surface area contributed by atoms with Crippen LogP contribution in [0.2, 0.25) is 0 Å². The van der Waals surface area contributed by atoms with Gasteiger partial charge in [-0.25, -0.2) is 0 Å². The number of fused-ring (bicyclic) bond motifs is 6. The smallest absolute Gasteiger partial charge is 0.155 e. The summed E-state index contributed by atoms with van der Waals surface area (Å²) >= 11 is 0. The summed E-state index contributed by atoms with van der Waals surface area (Å²) in [7, 11) is 0. The van der Waals surface area contributed by atoms with Crippen molar-refractivity contribution < 1.29 is 14.2 Å². The van der Waals surface area contributed by atoms with Gasteiger partial charge in [-0.2, -0.15) is 0 Å². The van der Waals surface area contributed by atoms with Crippen molar-refractivity contribution in [2.75, 3.05) is 15.1 Å². The molecule has 0 aliphatic carbocycles. The van der Waals surface area contributed by atoms with E-state index in [9.17, 15) is 0 Å². The molecule has 0 atom stereocenters. The molecule has 0 saturated carbocycles. The zero-order valence-electron chi connectivity index (χ0n) is 23.2. The van der Waals surface area contributed by atoms with E-state index < -0.39 is 0 Å². The molecule has 0 fully saturated rings. The molecule has 43 heavy (non-hydrogen) atoms. The molecule has 1 N–H and O–H groups in total. The Kier molecular flexibility index (Phi) is 5.01. The van der Waals surface area contributed by atoms with E-state index in [0.717, 1.165) is 85.6 Å². The number of nitrogens with one attached hydrogen (secondary N) is 1. The molecule has 9 rings (SSSR count). The quantitative estimate of drug-likeness (QED) is 0.227. The second kappa shape index (κ2) is 9.06. The van der Waals surface area contributed by atoms with Gasteiger partial charge in [-0.15, -0.1) is 0 Å². The highest BCUT2D eigenvalue weighted by atomic mass is 16.5. The fourth-order valence-electron chi connectivity index (χ4n) is 6.19. The summed E-state index contributed by atoms with van der Waals surface area (Å²) in [5.41, 5.74) is 8.81. The van der Waals surface area contributed by atoms with Crippen LogP contribution in [0.25, 0.3) is 0 Å². The number of hydrogen-bond acceptors (Lipinski definition) is 6. The van der Waals surface area contributed by atoms with E-state index >= 15 is 0 Å². The van der Waals surface area contributed by atoms with E-state index in [1.54, 1.807) is 0 Å². The van der Waals surface area contributed by atoms with Crippen molar-refractivity contribution in [3.8, 4) is 34.5 Å². The van der Waals surface area contributed by atoms with E-state index in [1.165, 1.54) is 0 Å². The summed E-state index contributed by atoms with van der Waals surface area (Å²) in [6, 6.07) is 43.0. The van der Waals surface area contributed by atoms with Gasteiger partial charge in [-0.3, -0.25) is 0 Å². The number of nitrogens with zero attached hydrogens (tertiary/aromatic N) is 2. The first-order valence-electron chi connectivity index (χ1n) is 14.3. The highest BCUT2D eigenvalue weighted by molar-refractivity contribution is 5.92. The van der Waals surface area contributed by atoms with Crippen molar-refractivity contribution in [2.45, 2.75) is 6.92 Å². The van der Waals surface area contributed by atoms with Gasteiger partial charge in [0.1, 0.15) is 0 Å². The molecule has 6 heteroatoms. The van der Waals surface area contributed by atoms with Crippen molar-refractivity contribution >= 4 is 45.5 Å². The fourth-order valence-corrected chi connectivity index (χ4v) is 6.19. The van der Waals surface area contributed by atoms with Gasteiger partial charge in [0.05, 0.1) is 45.5 Å². The Morgan fingerprint density at radius 3 is 1.49 bits per heavy atom. The van der Waals surface area contributed by atoms with Crippen molar-refractivity contribution in [3.05, 3.63) is 133 Å². The molecular formula is C37H25N3O3. The van der Waals surface area contributed by atoms with Gasteiger partial charge >= 0.3 is 0 Å². The van der Waals surface area contributed by atoms with Crippen LogP contribution in [0.15, 0.2) is 127 Å². The fraction of sp³-hybridized carbons (Fsp3) is 0.0270. The van der Waals surface area contributed by atoms with Crippen molar-refractivity contribution in [1.29, 1.82) is 0 Å². The number of anilines is 8. The van der Waals surface area contributed by atoms with Gasteiger partial charge in [0.25, 0.3) is 0 Å². The standard InChI is InChI=1S/C37H25N3O3/c1-23-27(40-30-12-4-8-16-34(30)42-35-17-9-5-13-31(35)40)21-20-26-37(23)43-36-22-24(18-19-25(36)38-26)39-28-10-2-6-14-32(28)41-33-15-7-3-11-29(33)39/h2-22,38H,1H3. The molecule has 6 aromatic carbocycles. The Balaban J connectivity index is 1.14. The largest absolute Gasteiger partial charge is 0.453 e. The molecule has 0 radical (unpaired) electrons. The second-order valence-corrected chi connectivity index (χ2v) is 10.7. The molecule has 6 nitrogen and oxygen atoms in total. The normalized spacial score (nSPS) is 13.4. The van der Waals surface area contributed by atoms with E-state index in [4.69, 9.17) is 14.2 Å². The lowest BCUT2D eigenvalue weighted by Crippen LogP contribution is -2.17. The van der Waals surface area contributed by atoms with Crippen LogP contribution in [0, 0.1) is 6.92 Å². The molecule has 0 spiro atoms. The minimum atomic E-state index is 0.759. The van der Waals surface area contributed by atoms with E-state index in [-0.39, 0.29) is 0 Å². The van der Waals surface area contributed by atoms with E-state index in [2.05, 4.69) is 76.6 Å². The predicted octanol–water partition coefficient (Wildman–Crippen LogP) is 11.0. The summed E-state index contributed by atoms with van der Waals surface area (Å²) < 4.78 is 19.2. The minimum absolute atomic E-state index is 0.759. The highest BCUT2D eigenvalue weighted by Crippen LogP contribution is 2.55. The highest BCUT2D eigenvalue weighted by Gasteiger charge is 2.30. The number of hydrogen-bond donors (Lipinski definition) is 1. The Morgan fingerprint density at radius 2 is 0.930 bits per heavy atom. The number of ether oxygens (including phenoxy) is 3. The lowest BCUT2D eigenvalue weighted by molar-refractivity contribution is 0.473. The Bertz CT molecular complexity index is 2000. The van der Waals surface area contributed by atoms with E-state index in [0.29, 0.717) is 0 Å². The molecule has 3 aliphatic heterocycles. The second-order valence-electron chi connectivity index (χ2n) is 10.7. The maximum Gasteiger partial charge on any atom is 0.155 e. The molecular weight excluding hydrogens is 534 g/mol. The zero-order valence-corrected chi connectivity index (χ0v) is 23.2. The third kappa shape index (κ3) is 3.60. The number of benzene rings is 6. The van der Waals surface area contributed by atoms with Crippen molar-refractivity contribution in [3.63, 3.8) is 0 Å². The van der Waals surface area contributed by atoms with E-state index in [1.807, 2.05) is 72.8 Å². The van der Waals surface area contributed by atoms with Gasteiger partial charge in [0.2, 0.25) is 0 Å². The zero-order chi connectivity index (χ0) is 28.5. The van der Waals surface area contributed by atoms with Gasteiger partial charge in [0.15, 0.2) is 34.5 Å². The summed E-state index contributed by atoms with van der Waals surface area (Å²) in [6.07, 6.45) is 0. The van der Waals surface area contributed by atoms with Crippen LogP contribution in [0.3, 0.4) is 0 Å². The number of rotatable bonds is 2. The van der Waals surface area contributed by atoms with Gasteiger partial charge in [-0.1, -0.05) is 48.5 Å².